The Bertz CT molecular complexity index is 5580. The van der Waals surface area contributed by atoms with Gasteiger partial charge in [-0.3, -0.25) is 18.9 Å². The normalized spacial score (nSPS) is 14.7. The fourth-order valence-corrected chi connectivity index (χ4v) is 14.9. The van der Waals surface area contributed by atoms with E-state index >= 15 is 0 Å². The van der Waals surface area contributed by atoms with Crippen molar-refractivity contribution >= 4 is 196 Å². The monoisotopic (exact) mass is 2310 g/mol. The second-order valence-electron chi connectivity index (χ2n) is 32.4. The molecule has 61 heteroatoms. The van der Waals surface area contributed by atoms with Crippen LogP contribution in [0.1, 0.15) is 194 Å². The molecule has 4 heterocycles. The Morgan fingerprint density at radius 3 is 0.950 bits per heavy atom. The summed E-state index contributed by atoms with van der Waals surface area (Å²) >= 11 is 2.10. The third-order valence-corrected chi connectivity index (χ3v) is 27.4. The molecule has 21 nitrogen and oxygen atoms in total. The molecule has 0 fully saturated rings. The molecule has 139 heavy (non-hydrogen) atoms. The van der Waals surface area contributed by atoms with Crippen molar-refractivity contribution in [1.29, 1.82) is 0 Å². The summed E-state index contributed by atoms with van der Waals surface area (Å²) in [6, 6.07) is 11.8. The number of nitrogens with two attached hydrogens (primary N) is 4. The van der Waals surface area contributed by atoms with Crippen LogP contribution in [0.5, 0.6) is 0 Å². The Morgan fingerprint density at radius 1 is 0.453 bits per heavy atom. The number of hydrogen-bond acceptors (Lipinski definition) is 19. The maximum absolute atomic E-state index is 12.7. The molecule has 0 aliphatic carbocycles. The number of fused-ring (bicyclic) bond motifs is 2. The van der Waals surface area contributed by atoms with Gasteiger partial charge >= 0.3 is 86.6 Å². The summed E-state index contributed by atoms with van der Waals surface area (Å²) in [7, 11) is -51.9. The largest absolute Gasteiger partial charge is 1.00 e. The molecule has 0 spiro atoms. The molecule has 0 bridgehead atoms. The molecule has 799 valence electrons. The average Bonchev–Trinajstić information content (AvgIpc) is 0.756. The number of benzene rings is 5. The fraction of sp³-hybridized carbons (Fsp3) is 0.410. The first-order valence-corrected chi connectivity index (χ1v) is 52.9. The molecule has 9 rings (SSSR count). The number of hydrogen-bond donors (Lipinski definition) is 10. The Hall–Kier alpha value is -5.37. The summed E-state index contributed by atoms with van der Waals surface area (Å²) in [6.07, 6.45) is 0.982. The molecule has 3 atom stereocenters. The summed E-state index contributed by atoms with van der Waals surface area (Å²) < 4.78 is 346. The Morgan fingerprint density at radius 2 is 0.705 bits per heavy atom. The SMILES string of the molecule is CC(C)(C)S(=O)CCc1ccc(S(F)(F)(F)(F)F)cc1.CC(C)(C)S(=O)N=Cc1ccc(S(F)(F)(F)(F)F)cc1.CC(C)(C)S(N)=O.CC(C)O.CC(C)O.CC(C)O.CC(C)O.Cc1nnc2sc(C(=O)NCc3ccc(S(F)(F)(F)(F)F)cc3)c(N)c2c1C.Cc1nnc2sc(C(=O)O)c(N)c2c1C.Cl.Cl.NCc1ccc(S(F)(F)(F)(F)F)cc1.O=Cc1ccc(S(F)(F)(F)(F)F)cc1.[B].[H-].[Na+].[Ti]. The van der Waals surface area contributed by atoms with Gasteiger partial charge < -0.3 is 49.5 Å². The zero-order chi connectivity index (χ0) is 106. The number of aldehydes is 1. The van der Waals surface area contributed by atoms with Crippen LogP contribution in [0, 0.1) is 27.7 Å². The second kappa shape index (κ2) is 49.9. The number of nitrogens with one attached hydrogen (secondary N) is 1. The van der Waals surface area contributed by atoms with Gasteiger partial charge in [-0.25, -0.2) is 13.2 Å². The van der Waals surface area contributed by atoms with E-state index < -0.39 is 130 Å². The third kappa shape index (κ3) is 57.9. The number of carbonyl (C=O) groups is 3. The topological polar surface area (TPSA) is 384 Å². The smallest absolute Gasteiger partial charge is 1.00 e. The predicted molar refractivity (Wildman–Crippen MR) is 518 cm³/mol. The maximum atomic E-state index is 12.7. The van der Waals surface area contributed by atoms with Gasteiger partial charge in [-0.15, -0.1) is 57.7 Å². The van der Waals surface area contributed by atoms with Gasteiger partial charge in [-0.05, 0) is 246 Å². The van der Waals surface area contributed by atoms with Crippen LogP contribution in [0.25, 0.3) is 20.4 Å². The van der Waals surface area contributed by atoms with Gasteiger partial charge in [0.25, 0.3) is 5.91 Å². The van der Waals surface area contributed by atoms with E-state index in [0.29, 0.717) is 97.9 Å². The van der Waals surface area contributed by atoms with Crippen molar-refractivity contribution in [3.8, 4) is 0 Å². The predicted octanol–water partition coefficient (Wildman–Crippen LogP) is 25.2. The van der Waals surface area contributed by atoms with E-state index in [4.69, 9.17) is 47.9 Å². The standard InChI is InChI=1S/C16H15F5N4OS2.C12H17F5OS2.C11H14F5NOS2.C9H9N3O2S.C7H8F5NS.C7H5F5OS.C4H11NOS.4C3H8O.B.2ClH.Na.Ti.H/c1-8-9(2)24-25-16-12(8)13(22)14(27-16)15(26)23-7-10-3-5-11(6-4-10)28(17,18,19,20)21;1-12(2,3)19(18)9-8-10-4-6-11(7-5-10)20(13,14,15,16)17;1-11(2,3)19(18)17-8-9-4-6-10(7-5-9)20(12,13,14,15)16;1-3-4(2)11-12-8-5(3)6(10)7(15-8)9(13)14;2*8-14(9,10,11,12)7-3-1-6(5-13)2-4-7;1-4(2,3)7(5)6;4*1-3(2)4;;;;;;/h3-6H,7,22H2,1-2H3,(H,23,26);4-7H,8-9H2,1-3H3;4-8H,1-3H3;10H2,1-2H3,(H,13,14);1-4H,5,13H2;1-5H;5H2,1-3H3;4*3-4H,1-2H3;;2*1H;;;/q;;;;;;;;;;;;;;+1;;-1. The number of aromatic nitrogens is 4. The molecule has 5 aromatic carbocycles. The Labute approximate surface area is 858 Å². The molecule has 3 unspecified atom stereocenters. The Kier molecular flexibility index (Phi) is 52.6. The van der Waals surface area contributed by atoms with E-state index in [-0.39, 0.29) is 197 Å². The van der Waals surface area contributed by atoms with Gasteiger partial charge in [0.05, 0.1) is 43.2 Å². The summed E-state index contributed by atoms with van der Waals surface area (Å²) in [6.45, 7) is 36.8. The molecule has 1 amide bonds. The number of thiophene rings is 2. The number of carboxylic acids is 1. The molecule has 9 aromatic rings. The molecule has 0 saturated heterocycles. The second-order valence-corrected chi connectivity index (χ2v) is 52.5. The number of anilines is 2. The Balaban J connectivity index is -0.000000239. The molecular formula is C78H114BCl2F25N10NaO11S10Ti. The van der Waals surface area contributed by atoms with Crippen LogP contribution in [0.2, 0.25) is 0 Å². The van der Waals surface area contributed by atoms with Crippen molar-refractivity contribution in [3.63, 3.8) is 0 Å². The van der Waals surface area contributed by atoms with Gasteiger partial charge in [-0.2, -0.15) is 14.6 Å². The van der Waals surface area contributed by atoms with Crippen LogP contribution in [0.15, 0.2) is 150 Å². The van der Waals surface area contributed by atoms with Gasteiger partial charge in [0, 0.05) is 111 Å². The molecule has 0 aliphatic rings. The van der Waals surface area contributed by atoms with Crippen LogP contribution in [0.3, 0.4) is 0 Å². The quantitative estimate of drug-likeness (QED) is 0.0186. The van der Waals surface area contributed by atoms with E-state index in [1.165, 1.54) is 0 Å². The van der Waals surface area contributed by atoms with Crippen LogP contribution in [-0.2, 0) is 74.0 Å². The zero-order valence-corrected chi connectivity index (χ0v) is 91.9. The van der Waals surface area contributed by atoms with E-state index in [1.807, 2.05) is 34.6 Å². The summed E-state index contributed by atoms with van der Waals surface area (Å²) in [5.41, 5.74) is 21.7. The fourth-order valence-electron chi connectivity index (χ4n) is 8.13. The minimum Gasteiger partial charge on any atom is -1.00 e. The number of rotatable bonds is 16. The number of carboxylic acid groups (broad SMARTS) is 1. The molecule has 14 N–H and O–H groups in total. The van der Waals surface area contributed by atoms with Crippen molar-refractivity contribution in [1.82, 2.24) is 25.7 Å². The van der Waals surface area contributed by atoms with Crippen LogP contribution >= 0.6 is 98.6 Å². The number of aliphatic hydroxyl groups is 4. The van der Waals surface area contributed by atoms with Crippen LogP contribution < -0.4 is 57.2 Å². The summed E-state index contributed by atoms with van der Waals surface area (Å²) in [5.74, 6) is -1.29. The van der Waals surface area contributed by atoms with E-state index in [1.54, 1.807) is 111 Å². The summed E-state index contributed by atoms with van der Waals surface area (Å²) in [4.78, 5) is 25.0. The first-order valence-electron chi connectivity index (χ1n) is 37.9. The number of aromatic carboxylic acids is 1. The number of halogens is 27. The minimum absolute atomic E-state index is 0. The zero-order valence-electron chi connectivity index (χ0n) is 79.5. The van der Waals surface area contributed by atoms with E-state index in [9.17, 15) is 124 Å². The van der Waals surface area contributed by atoms with Crippen LogP contribution in [-0.4, -0.2) is 136 Å². The number of aryl methyl sites for hydroxylation is 5. The van der Waals surface area contributed by atoms with Gasteiger partial charge in [0.2, 0.25) is 0 Å². The van der Waals surface area contributed by atoms with Crippen LogP contribution in [0.4, 0.5) is 109 Å². The molecule has 4 aromatic heterocycles. The van der Waals surface area contributed by atoms with Gasteiger partial charge in [-0.1, -0.05) is 158 Å². The molecule has 0 saturated carbocycles. The number of carbonyl (C=O) groups excluding carboxylic acids is 2. The number of aliphatic hydroxyl groups excluding tert-OH is 4. The minimum atomic E-state index is -9.71. The van der Waals surface area contributed by atoms with E-state index in [0.717, 1.165) is 94.2 Å². The number of nitrogens with zero attached hydrogens (tertiary/aromatic N) is 5. The summed E-state index contributed by atoms with van der Waals surface area (Å²) in [5, 5.41) is 65.9. The molecular weight excluding hydrogens is 2200 g/mol. The molecule has 0 aliphatic heterocycles. The number of nitrogen functional groups attached to an aromatic ring is 2. The van der Waals surface area contributed by atoms with Gasteiger partial charge in [0.1, 0.15) is 61.2 Å². The first-order chi connectivity index (χ1) is 58.8. The third-order valence-electron chi connectivity index (χ3n) is 14.9. The van der Waals surface area contributed by atoms with Gasteiger partial charge in [0.15, 0.2) is 0 Å². The number of amides is 1. The average molecular weight is 2320 g/mol. The van der Waals surface area contributed by atoms with Crippen molar-refractivity contribution in [2.45, 2.75) is 228 Å². The van der Waals surface area contributed by atoms with Crippen molar-refractivity contribution in [2.24, 2.45) is 15.3 Å². The molecule has 3 radical (unpaired) electrons. The van der Waals surface area contributed by atoms with Crippen molar-refractivity contribution < 1.29 is 202 Å². The van der Waals surface area contributed by atoms with E-state index in [2.05, 4.69) is 30.1 Å². The first kappa shape index (κ1) is 147. The van der Waals surface area contributed by atoms with Crippen molar-refractivity contribution in [3.05, 3.63) is 181 Å². The van der Waals surface area contributed by atoms with Crippen molar-refractivity contribution in [2.75, 3.05) is 17.2 Å². The maximum Gasteiger partial charge on any atom is 1.00 e.